The summed E-state index contributed by atoms with van der Waals surface area (Å²) in [7, 11) is 0. The highest BCUT2D eigenvalue weighted by Gasteiger charge is 2.53. The van der Waals surface area contributed by atoms with Gasteiger partial charge in [-0.2, -0.15) is 0 Å². The summed E-state index contributed by atoms with van der Waals surface area (Å²) in [6.45, 7) is 11.8. The van der Waals surface area contributed by atoms with Crippen molar-refractivity contribution in [3.8, 4) is 0 Å². The lowest BCUT2D eigenvalue weighted by Crippen LogP contribution is -2.56. The van der Waals surface area contributed by atoms with Gasteiger partial charge >= 0.3 is 5.97 Å². The van der Waals surface area contributed by atoms with Crippen molar-refractivity contribution in [2.24, 2.45) is 41.4 Å². The summed E-state index contributed by atoms with van der Waals surface area (Å²) in [6, 6.07) is 0. The van der Waals surface area contributed by atoms with Gasteiger partial charge in [0, 0.05) is 45.5 Å². The van der Waals surface area contributed by atoms with Gasteiger partial charge in [0.1, 0.15) is 6.10 Å². The Labute approximate surface area is 188 Å². The zero-order valence-corrected chi connectivity index (χ0v) is 19.9. The second-order valence-electron chi connectivity index (χ2n) is 11.6. The fourth-order valence-electron chi connectivity index (χ4n) is 7.64. The largest absolute Gasteiger partial charge is 0.458 e. The van der Waals surface area contributed by atoms with E-state index < -0.39 is 5.60 Å². The number of rotatable bonds is 5. The molecule has 2 saturated carbocycles. The second-order valence-corrected chi connectivity index (χ2v) is 11.6. The molecule has 8 atom stereocenters. The van der Waals surface area contributed by atoms with E-state index in [0.717, 1.165) is 36.8 Å². The first kappa shape index (κ1) is 23.3. The molecular weight excluding hydrogens is 390 g/mol. The smallest absolute Gasteiger partial charge is 0.303 e. The summed E-state index contributed by atoms with van der Waals surface area (Å²) >= 11 is 0. The van der Waals surface area contributed by atoms with Gasteiger partial charge in [-0.05, 0) is 80.1 Å². The topological polar surface area (TPSA) is 70.0 Å². The molecule has 1 aliphatic heterocycles. The molecule has 5 nitrogen and oxygen atoms in total. The standard InChI is InChI=1S/C26H43NO4/c1-16-7-24-23(6-5-18(3)26(24,30)11-25(16)31-19(4)29)17(2)12-27-13-20-8-21(14-27)10-22(9-20)15-28/h7,17-18,20-25,28,30H,5-6,8-15H2,1-4H3/t17?,18-,20?,21?,22?,23+,24-,25-,26-/m1/s1. The molecule has 3 aliphatic carbocycles. The SMILES string of the molecule is CC(=O)O[C@@H]1C[C@@]2(O)[C@H](C)CC[C@@H](C(C)CN3CC4CC(CO)CC(C4)C3)[C@H]2C=C1C. The van der Waals surface area contributed by atoms with Crippen molar-refractivity contribution >= 4 is 5.97 Å². The number of piperidine rings is 1. The van der Waals surface area contributed by atoms with Crippen LogP contribution in [0, 0.1) is 41.4 Å². The Morgan fingerprint density at radius 1 is 1.26 bits per heavy atom. The van der Waals surface area contributed by atoms with Crippen molar-refractivity contribution in [2.45, 2.75) is 77.9 Å². The Bertz CT molecular complexity index is 679. The van der Waals surface area contributed by atoms with Crippen molar-refractivity contribution in [3.05, 3.63) is 11.6 Å². The normalized spacial score (nSPS) is 44.2. The van der Waals surface area contributed by atoms with Crippen molar-refractivity contribution < 1.29 is 19.7 Å². The number of esters is 1. The third-order valence-corrected chi connectivity index (χ3v) is 9.16. The Morgan fingerprint density at radius 3 is 2.55 bits per heavy atom. The van der Waals surface area contributed by atoms with Crippen LogP contribution in [0.5, 0.6) is 0 Å². The first-order chi connectivity index (χ1) is 14.7. The highest BCUT2D eigenvalue weighted by atomic mass is 16.5. The first-order valence-corrected chi connectivity index (χ1v) is 12.6. The monoisotopic (exact) mass is 433 g/mol. The lowest BCUT2D eigenvalue weighted by molar-refractivity contribution is -0.159. The van der Waals surface area contributed by atoms with E-state index in [2.05, 4.69) is 31.7 Å². The third kappa shape index (κ3) is 4.74. The summed E-state index contributed by atoms with van der Waals surface area (Å²) in [5, 5.41) is 21.4. The van der Waals surface area contributed by atoms with E-state index in [1.165, 1.54) is 39.3 Å². The van der Waals surface area contributed by atoms with E-state index in [9.17, 15) is 15.0 Å². The minimum absolute atomic E-state index is 0.140. The van der Waals surface area contributed by atoms with Crippen LogP contribution in [0.15, 0.2) is 11.6 Å². The molecule has 2 N–H and O–H groups in total. The Hall–Kier alpha value is -0.910. The van der Waals surface area contributed by atoms with Crippen molar-refractivity contribution in [1.82, 2.24) is 4.90 Å². The molecule has 31 heavy (non-hydrogen) atoms. The van der Waals surface area contributed by atoms with Gasteiger partial charge in [0.2, 0.25) is 0 Å². The van der Waals surface area contributed by atoms with Crippen LogP contribution in [0.2, 0.25) is 0 Å². The zero-order valence-electron chi connectivity index (χ0n) is 19.9. The number of aliphatic hydroxyl groups excluding tert-OH is 1. The Morgan fingerprint density at radius 2 is 1.94 bits per heavy atom. The molecule has 0 spiro atoms. The number of likely N-dealkylation sites (tertiary alicyclic amines) is 1. The highest BCUT2D eigenvalue weighted by Crippen LogP contribution is 2.51. The van der Waals surface area contributed by atoms with Crippen molar-refractivity contribution in [2.75, 3.05) is 26.2 Å². The van der Waals surface area contributed by atoms with Crippen LogP contribution in [0.3, 0.4) is 0 Å². The molecule has 3 fully saturated rings. The first-order valence-electron chi connectivity index (χ1n) is 12.6. The van der Waals surface area contributed by atoms with Crippen LogP contribution in [-0.2, 0) is 9.53 Å². The summed E-state index contributed by atoms with van der Waals surface area (Å²) < 4.78 is 5.55. The molecule has 0 amide bonds. The molecule has 4 aliphatic rings. The number of fused-ring (bicyclic) bond motifs is 3. The molecule has 1 heterocycles. The van der Waals surface area contributed by atoms with Gasteiger partial charge in [-0.15, -0.1) is 0 Å². The Kier molecular flexibility index (Phi) is 6.86. The fourth-order valence-corrected chi connectivity index (χ4v) is 7.64. The van der Waals surface area contributed by atoms with Gasteiger partial charge in [-0.1, -0.05) is 19.9 Å². The fraction of sp³-hybridized carbons (Fsp3) is 0.885. The van der Waals surface area contributed by atoms with Crippen LogP contribution >= 0.6 is 0 Å². The van der Waals surface area contributed by atoms with Gasteiger partial charge in [0.05, 0.1) is 5.60 Å². The molecule has 176 valence electrons. The molecule has 0 aromatic heterocycles. The van der Waals surface area contributed by atoms with E-state index in [1.807, 2.05) is 0 Å². The average molecular weight is 434 g/mol. The number of nitrogens with zero attached hydrogens (tertiary/aromatic N) is 1. The van der Waals surface area contributed by atoms with E-state index >= 15 is 0 Å². The van der Waals surface area contributed by atoms with Crippen LogP contribution in [0.4, 0.5) is 0 Å². The lowest BCUT2D eigenvalue weighted by Gasteiger charge is -2.53. The maximum atomic E-state index is 11.8. The van der Waals surface area contributed by atoms with Crippen molar-refractivity contribution in [1.29, 1.82) is 0 Å². The number of aliphatic hydroxyl groups is 2. The van der Waals surface area contributed by atoms with Crippen LogP contribution in [-0.4, -0.2) is 59.0 Å². The number of ether oxygens (including phenoxy) is 1. The zero-order chi connectivity index (χ0) is 22.3. The van der Waals surface area contributed by atoms with Crippen LogP contribution in [0.1, 0.15) is 66.2 Å². The van der Waals surface area contributed by atoms with E-state index in [1.54, 1.807) is 0 Å². The number of hydrogen-bond acceptors (Lipinski definition) is 5. The van der Waals surface area contributed by atoms with Gasteiger partial charge in [0.15, 0.2) is 0 Å². The van der Waals surface area contributed by atoms with Gasteiger partial charge < -0.3 is 19.8 Å². The van der Waals surface area contributed by atoms with E-state index in [-0.39, 0.29) is 23.9 Å². The maximum Gasteiger partial charge on any atom is 0.303 e. The van der Waals surface area contributed by atoms with Gasteiger partial charge in [-0.3, -0.25) is 4.79 Å². The van der Waals surface area contributed by atoms with Crippen LogP contribution < -0.4 is 0 Å². The molecule has 2 bridgehead atoms. The Balaban J connectivity index is 1.45. The predicted molar refractivity (Wildman–Crippen MR) is 121 cm³/mol. The highest BCUT2D eigenvalue weighted by molar-refractivity contribution is 5.66. The molecular formula is C26H43NO4. The van der Waals surface area contributed by atoms with E-state index in [0.29, 0.717) is 30.8 Å². The minimum atomic E-state index is -0.788. The lowest BCUT2D eigenvalue weighted by atomic mass is 9.57. The molecule has 0 aromatic carbocycles. The summed E-state index contributed by atoms with van der Waals surface area (Å²) in [5.41, 5.74) is 0.308. The minimum Gasteiger partial charge on any atom is -0.458 e. The molecule has 4 rings (SSSR count). The maximum absolute atomic E-state index is 11.8. The predicted octanol–water partition coefficient (Wildman–Crippen LogP) is 3.64. The quantitative estimate of drug-likeness (QED) is 0.512. The average Bonchev–Trinajstić information content (AvgIpc) is 2.69. The molecule has 0 aromatic rings. The van der Waals surface area contributed by atoms with Crippen LogP contribution in [0.25, 0.3) is 0 Å². The summed E-state index contributed by atoms with van der Waals surface area (Å²) in [5.74, 6) is 3.05. The molecule has 1 saturated heterocycles. The molecule has 3 unspecified atom stereocenters. The van der Waals surface area contributed by atoms with E-state index in [4.69, 9.17) is 4.74 Å². The number of carbonyl (C=O) groups is 1. The third-order valence-electron chi connectivity index (χ3n) is 9.16. The van der Waals surface area contributed by atoms with Gasteiger partial charge in [-0.25, -0.2) is 0 Å². The number of carbonyl (C=O) groups excluding carboxylic acids is 1. The molecule has 0 radical (unpaired) electrons. The number of hydrogen-bond donors (Lipinski definition) is 2. The van der Waals surface area contributed by atoms with Crippen molar-refractivity contribution in [3.63, 3.8) is 0 Å². The summed E-state index contributed by atoms with van der Waals surface area (Å²) in [4.78, 5) is 14.2. The summed E-state index contributed by atoms with van der Waals surface area (Å²) in [6.07, 6.45) is 8.36. The van der Waals surface area contributed by atoms with Gasteiger partial charge in [0.25, 0.3) is 0 Å². The second kappa shape index (κ2) is 9.15. The molecule has 5 heteroatoms.